The van der Waals surface area contributed by atoms with E-state index in [1.54, 1.807) is 6.08 Å². The number of unbranched alkanes of at least 4 members (excludes halogenated alkanes) is 5. The van der Waals surface area contributed by atoms with E-state index in [1.165, 1.54) is 44.3 Å². The van der Waals surface area contributed by atoms with Gasteiger partial charge in [-0.3, -0.25) is 0 Å². The Labute approximate surface area is 151 Å². The molecule has 0 aromatic heterocycles. The van der Waals surface area contributed by atoms with Gasteiger partial charge in [-0.05, 0) is 35.8 Å². The predicted octanol–water partition coefficient (Wildman–Crippen LogP) is 3.79. The maximum Gasteiger partial charge on any atom is 0.220 e. The first kappa shape index (κ1) is 19.5. The monoisotopic (exact) mass is 362 g/mol. The van der Waals surface area contributed by atoms with E-state index >= 15 is 0 Å². The van der Waals surface area contributed by atoms with Crippen LogP contribution in [0.5, 0.6) is 5.75 Å². The third-order valence-corrected chi connectivity index (χ3v) is 4.94. The molecule has 1 aliphatic rings. The SMILES string of the molecule is CCCCCCCCOc1ccc(C2=CC(=S(=O)=O)C(O)C=C2)cc1. The second-order valence-electron chi connectivity index (χ2n) is 6.18. The molecule has 136 valence electrons. The van der Waals surface area contributed by atoms with Crippen LogP contribution in [0.1, 0.15) is 51.0 Å². The highest BCUT2D eigenvalue weighted by molar-refractivity contribution is 7.73. The van der Waals surface area contributed by atoms with E-state index in [4.69, 9.17) is 4.74 Å². The van der Waals surface area contributed by atoms with Gasteiger partial charge in [-0.1, -0.05) is 63.3 Å². The van der Waals surface area contributed by atoms with E-state index in [9.17, 15) is 13.5 Å². The molecule has 1 aromatic carbocycles. The van der Waals surface area contributed by atoms with Crippen LogP contribution in [0.3, 0.4) is 0 Å². The van der Waals surface area contributed by atoms with Gasteiger partial charge in [-0.2, -0.15) is 8.42 Å². The number of allylic oxidation sites excluding steroid dienone is 2. The molecule has 0 aliphatic heterocycles. The molecule has 1 aromatic rings. The van der Waals surface area contributed by atoms with Crippen LogP contribution in [0.4, 0.5) is 0 Å². The van der Waals surface area contributed by atoms with Gasteiger partial charge in [0.05, 0.1) is 6.61 Å². The molecule has 0 spiro atoms. The topological polar surface area (TPSA) is 63.6 Å². The molecule has 0 saturated carbocycles. The first-order chi connectivity index (χ1) is 12.1. The summed E-state index contributed by atoms with van der Waals surface area (Å²) in [6.45, 7) is 2.93. The van der Waals surface area contributed by atoms with E-state index in [0.29, 0.717) is 6.61 Å². The zero-order chi connectivity index (χ0) is 18.1. The Hall–Kier alpha value is -1.85. The van der Waals surface area contributed by atoms with Crippen LogP contribution in [-0.2, 0) is 10.3 Å². The fourth-order valence-corrected chi connectivity index (χ4v) is 3.22. The van der Waals surface area contributed by atoms with Crippen molar-refractivity contribution in [3.63, 3.8) is 0 Å². The Morgan fingerprint density at radius 1 is 1.04 bits per heavy atom. The van der Waals surface area contributed by atoms with Gasteiger partial charge in [0.15, 0.2) is 0 Å². The zero-order valence-electron chi connectivity index (χ0n) is 14.6. The summed E-state index contributed by atoms with van der Waals surface area (Å²) in [4.78, 5) is -0.0131. The van der Waals surface area contributed by atoms with Gasteiger partial charge in [0, 0.05) is 0 Å². The highest BCUT2D eigenvalue weighted by Gasteiger charge is 2.15. The molecule has 1 atom stereocenters. The largest absolute Gasteiger partial charge is 0.494 e. The minimum Gasteiger partial charge on any atom is -0.494 e. The van der Waals surface area contributed by atoms with Crippen molar-refractivity contribution >= 4 is 20.7 Å². The van der Waals surface area contributed by atoms with Gasteiger partial charge in [-0.25, -0.2) is 0 Å². The second-order valence-corrected chi connectivity index (χ2v) is 7.12. The van der Waals surface area contributed by atoms with Crippen LogP contribution in [0.2, 0.25) is 0 Å². The van der Waals surface area contributed by atoms with Gasteiger partial charge in [0.25, 0.3) is 0 Å². The molecule has 1 aliphatic carbocycles. The van der Waals surface area contributed by atoms with E-state index in [0.717, 1.165) is 23.3 Å². The maximum absolute atomic E-state index is 11.1. The van der Waals surface area contributed by atoms with Crippen molar-refractivity contribution in [3.8, 4) is 5.75 Å². The smallest absolute Gasteiger partial charge is 0.220 e. The lowest BCUT2D eigenvalue weighted by atomic mass is 9.98. The fourth-order valence-electron chi connectivity index (χ4n) is 2.72. The van der Waals surface area contributed by atoms with E-state index < -0.39 is 16.4 Å². The highest BCUT2D eigenvalue weighted by atomic mass is 32.2. The van der Waals surface area contributed by atoms with Crippen molar-refractivity contribution in [2.24, 2.45) is 0 Å². The van der Waals surface area contributed by atoms with Crippen molar-refractivity contribution in [1.82, 2.24) is 0 Å². The number of hydrogen-bond donors (Lipinski definition) is 1. The molecule has 0 bridgehead atoms. The fraction of sp³-hybridized carbons (Fsp3) is 0.450. The first-order valence-electron chi connectivity index (χ1n) is 8.89. The highest BCUT2D eigenvalue weighted by Crippen LogP contribution is 2.23. The van der Waals surface area contributed by atoms with Crippen LogP contribution in [0, 0.1) is 0 Å². The minimum absolute atomic E-state index is 0.0131. The third-order valence-electron chi connectivity index (χ3n) is 4.19. The summed E-state index contributed by atoms with van der Waals surface area (Å²) in [5, 5.41) is 9.66. The maximum atomic E-state index is 11.1. The average Bonchev–Trinajstić information content (AvgIpc) is 2.62. The predicted molar refractivity (Wildman–Crippen MR) is 102 cm³/mol. The van der Waals surface area contributed by atoms with E-state index in [-0.39, 0.29) is 4.86 Å². The quantitative estimate of drug-likeness (QED) is 0.536. The molecule has 1 unspecified atom stereocenters. The molecule has 0 saturated heterocycles. The number of ether oxygens (including phenoxy) is 1. The van der Waals surface area contributed by atoms with Crippen LogP contribution in [0.15, 0.2) is 42.5 Å². The normalized spacial score (nSPS) is 16.6. The van der Waals surface area contributed by atoms with Crippen LogP contribution >= 0.6 is 0 Å². The number of rotatable bonds is 9. The number of benzene rings is 1. The van der Waals surface area contributed by atoms with Crippen molar-refractivity contribution < 1.29 is 18.3 Å². The molecule has 2 rings (SSSR count). The summed E-state index contributed by atoms with van der Waals surface area (Å²) in [7, 11) is -2.43. The number of aliphatic hydroxyl groups excluding tert-OH is 1. The summed E-state index contributed by atoms with van der Waals surface area (Å²) < 4.78 is 28.0. The van der Waals surface area contributed by atoms with Gasteiger partial charge >= 0.3 is 0 Å². The molecule has 0 radical (unpaired) electrons. The second kappa shape index (κ2) is 10.2. The van der Waals surface area contributed by atoms with Gasteiger partial charge in [0.1, 0.15) is 16.7 Å². The summed E-state index contributed by atoms with van der Waals surface area (Å²) in [6, 6.07) is 7.57. The Kier molecular flexibility index (Phi) is 7.95. The molecule has 4 nitrogen and oxygen atoms in total. The molecule has 0 fully saturated rings. The molecular formula is C20H26O4S. The Balaban J connectivity index is 1.87. The lowest BCUT2D eigenvalue weighted by Crippen LogP contribution is -2.19. The van der Waals surface area contributed by atoms with Crippen LogP contribution < -0.4 is 4.74 Å². The van der Waals surface area contributed by atoms with Gasteiger partial charge in [0.2, 0.25) is 10.3 Å². The lowest BCUT2D eigenvalue weighted by Gasteiger charge is -2.13. The Morgan fingerprint density at radius 2 is 1.72 bits per heavy atom. The molecule has 1 N–H and O–H groups in total. The van der Waals surface area contributed by atoms with Gasteiger partial charge < -0.3 is 9.84 Å². The van der Waals surface area contributed by atoms with Crippen molar-refractivity contribution in [2.75, 3.05) is 6.61 Å². The molecule has 0 amide bonds. The lowest BCUT2D eigenvalue weighted by molar-refractivity contribution is 0.291. The Bertz CT molecular complexity index is 734. The summed E-state index contributed by atoms with van der Waals surface area (Å²) in [5.41, 5.74) is 1.64. The van der Waals surface area contributed by atoms with Gasteiger partial charge in [-0.15, -0.1) is 0 Å². The first-order valence-corrected chi connectivity index (χ1v) is 9.96. The minimum atomic E-state index is -2.43. The number of hydrogen-bond acceptors (Lipinski definition) is 4. The summed E-state index contributed by atoms with van der Waals surface area (Å²) in [6.07, 6.45) is 11.0. The third kappa shape index (κ3) is 6.18. The Morgan fingerprint density at radius 3 is 2.40 bits per heavy atom. The standard InChI is InChI=1S/C20H26O4S/c1-2-3-4-5-6-7-14-24-18-11-8-16(9-12-18)17-10-13-19(21)20(15-17)25(22)23/h8-13,15,19,21H,2-7,14H2,1H3. The zero-order valence-corrected chi connectivity index (χ0v) is 15.5. The van der Waals surface area contributed by atoms with Crippen LogP contribution in [-0.4, -0.2) is 31.1 Å². The summed E-state index contributed by atoms with van der Waals surface area (Å²) >= 11 is 0. The number of aliphatic hydroxyl groups is 1. The van der Waals surface area contributed by atoms with E-state index in [2.05, 4.69) is 6.92 Å². The molecule has 25 heavy (non-hydrogen) atoms. The van der Waals surface area contributed by atoms with Crippen molar-refractivity contribution in [1.29, 1.82) is 0 Å². The molecule has 5 heteroatoms. The average molecular weight is 362 g/mol. The van der Waals surface area contributed by atoms with Crippen molar-refractivity contribution in [3.05, 3.63) is 48.1 Å². The molecule has 0 heterocycles. The summed E-state index contributed by atoms with van der Waals surface area (Å²) in [5.74, 6) is 0.814. The van der Waals surface area contributed by atoms with Crippen molar-refractivity contribution in [2.45, 2.75) is 51.6 Å². The van der Waals surface area contributed by atoms with E-state index in [1.807, 2.05) is 24.3 Å². The molecular weight excluding hydrogens is 336 g/mol. The van der Waals surface area contributed by atoms with Crippen LogP contribution in [0.25, 0.3) is 5.57 Å².